The summed E-state index contributed by atoms with van der Waals surface area (Å²) in [6.45, 7) is 4.13. The molecule has 0 aliphatic carbocycles. The molecule has 2 heterocycles. The lowest BCUT2D eigenvalue weighted by Crippen LogP contribution is -2.42. The number of hydrogen-bond acceptors (Lipinski definition) is 10. The van der Waals surface area contributed by atoms with E-state index in [1.54, 1.807) is 6.92 Å². The van der Waals surface area contributed by atoms with Gasteiger partial charge in [0.15, 0.2) is 10.9 Å². The van der Waals surface area contributed by atoms with Gasteiger partial charge in [0, 0.05) is 41.2 Å². The molecule has 0 atom stereocenters. The minimum Gasteiger partial charge on any atom is -0.466 e. The second-order valence-electron chi connectivity index (χ2n) is 7.28. The third-order valence-corrected chi connectivity index (χ3v) is 7.12. The lowest BCUT2D eigenvalue weighted by molar-refractivity contribution is -0.384. The van der Waals surface area contributed by atoms with E-state index in [1.807, 2.05) is 12.3 Å². The molecule has 0 radical (unpaired) electrons. The Morgan fingerprint density at radius 1 is 1.27 bits per heavy atom. The maximum absolute atomic E-state index is 12.7. The molecule has 12 heteroatoms. The van der Waals surface area contributed by atoms with Crippen LogP contribution < -0.4 is 0 Å². The van der Waals surface area contributed by atoms with Gasteiger partial charge in [-0.05, 0) is 32.8 Å². The molecule has 0 bridgehead atoms. The average Bonchev–Trinajstić information content (AvgIpc) is 3.22. The summed E-state index contributed by atoms with van der Waals surface area (Å²) in [5, 5.41) is 13.0. The number of carbonyl (C=O) groups is 3. The van der Waals surface area contributed by atoms with Crippen LogP contribution in [0.4, 0.5) is 5.69 Å². The van der Waals surface area contributed by atoms with Crippen LogP contribution in [0.25, 0.3) is 0 Å². The molecule has 0 unspecified atom stereocenters. The molecule has 176 valence electrons. The number of likely N-dealkylation sites (tertiary alicyclic amines) is 1. The van der Waals surface area contributed by atoms with E-state index >= 15 is 0 Å². The van der Waals surface area contributed by atoms with Crippen molar-refractivity contribution in [2.75, 3.05) is 26.3 Å². The molecule has 0 spiro atoms. The van der Waals surface area contributed by atoms with Crippen LogP contribution in [0.5, 0.6) is 0 Å². The first-order chi connectivity index (χ1) is 15.8. The Hall–Kier alpha value is -2.99. The zero-order valence-corrected chi connectivity index (χ0v) is 19.8. The molecule has 0 N–H and O–H groups in total. The number of carbonyl (C=O) groups excluding carboxylic acids is 3. The van der Waals surface area contributed by atoms with Gasteiger partial charge in [0.25, 0.3) is 11.6 Å². The van der Waals surface area contributed by atoms with Crippen molar-refractivity contribution in [1.29, 1.82) is 0 Å². The highest BCUT2D eigenvalue weighted by atomic mass is 32.2. The number of aryl methyl sites for hydroxylation is 1. The van der Waals surface area contributed by atoms with E-state index in [4.69, 9.17) is 9.47 Å². The van der Waals surface area contributed by atoms with Crippen molar-refractivity contribution in [2.45, 2.75) is 35.9 Å². The van der Waals surface area contributed by atoms with E-state index in [9.17, 15) is 24.5 Å². The number of esters is 2. The molecule has 33 heavy (non-hydrogen) atoms. The number of non-ortho nitro benzene ring substituents is 1. The van der Waals surface area contributed by atoms with E-state index in [-0.39, 0.29) is 29.0 Å². The maximum atomic E-state index is 12.7. The van der Waals surface area contributed by atoms with Crippen LogP contribution in [0.3, 0.4) is 0 Å². The normalized spacial score (nSPS) is 14.1. The van der Waals surface area contributed by atoms with Crippen molar-refractivity contribution in [3.8, 4) is 0 Å². The minimum atomic E-state index is -0.829. The maximum Gasteiger partial charge on any atom is 0.340 e. The summed E-state index contributed by atoms with van der Waals surface area (Å²) in [4.78, 5) is 54.0. The van der Waals surface area contributed by atoms with Crippen molar-refractivity contribution < 1.29 is 28.8 Å². The van der Waals surface area contributed by atoms with Gasteiger partial charge < -0.3 is 14.4 Å². The van der Waals surface area contributed by atoms with Crippen molar-refractivity contribution in [3.63, 3.8) is 0 Å². The van der Waals surface area contributed by atoms with Gasteiger partial charge in [0.1, 0.15) is 0 Å². The Morgan fingerprint density at radius 2 is 2.00 bits per heavy atom. The smallest absolute Gasteiger partial charge is 0.340 e. The van der Waals surface area contributed by atoms with Crippen LogP contribution >= 0.6 is 23.1 Å². The summed E-state index contributed by atoms with van der Waals surface area (Å²) in [5.74, 6) is -1.72. The molecular weight excluding hydrogens is 470 g/mol. The lowest BCUT2D eigenvalue weighted by atomic mass is 9.97. The highest BCUT2D eigenvalue weighted by Gasteiger charge is 2.29. The number of thiazole rings is 1. The van der Waals surface area contributed by atoms with Crippen molar-refractivity contribution in [3.05, 3.63) is 45.0 Å². The topological polar surface area (TPSA) is 129 Å². The molecule has 0 saturated carbocycles. The highest BCUT2D eigenvalue weighted by molar-refractivity contribution is 8.01. The van der Waals surface area contributed by atoms with Crippen molar-refractivity contribution in [1.82, 2.24) is 9.88 Å². The molecule has 1 aliphatic rings. The van der Waals surface area contributed by atoms with Gasteiger partial charge in [0.2, 0.25) is 0 Å². The Bertz CT molecular complexity index is 1050. The predicted octanol–water partition coefficient (Wildman–Crippen LogP) is 3.47. The number of rotatable bonds is 8. The Kier molecular flexibility index (Phi) is 8.39. The number of nitro benzene ring substituents is 1. The zero-order valence-electron chi connectivity index (χ0n) is 18.1. The number of amides is 1. The minimum absolute atomic E-state index is 0.00382. The van der Waals surface area contributed by atoms with Gasteiger partial charge in [-0.25, -0.2) is 9.78 Å². The van der Waals surface area contributed by atoms with E-state index < -0.39 is 17.5 Å². The first-order valence-corrected chi connectivity index (χ1v) is 12.0. The first kappa shape index (κ1) is 24.6. The van der Waals surface area contributed by atoms with Gasteiger partial charge in [-0.3, -0.25) is 19.7 Å². The Morgan fingerprint density at radius 3 is 2.61 bits per heavy atom. The first-order valence-electron chi connectivity index (χ1n) is 10.3. The molecule has 1 aliphatic heterocycles. The van der Waals surface area contributed by atoms with E-state index in [2.05, 4.69) is 4.98 Å². The van der Waals surface area contributed by atoms with Gasteiger partial charge >= 0.3 is 11.9 Å². The number of nitro groups is 1. The predicted molar refractivity (Wildman–Crippen MR) is 120 cm³/mol. The molecule has 10 nitrogen and oxygen atoms in total. The van der Waals surface area contributed by atoms with Gasteiger partial charge in [-0.15, -0.1) is 11.3 Å². The van der Waals surface area contributed by atoms with Gasteiger partial charge in [0.05, 0.1) is 23.0 Å². The summed E-state index contributed by atoms with van der Waals surface area (Å²) in [6, 6.07) is 3.91. The van der Waals surface area contributed by atoms with Gasteiger partial charge in [-0.1, -0.05) is 11.8 Å². The monoisotopic (exact) mass is 493 g/mol. The number of ether oxygens (including phenoxy) is 2. The van der Waals surface area contributed by atoms with Crippen LogP contribution in [0.15, 0.2) is 32.8 Å². The molecule has 2 aromatic rings. The quantitative estimate of drug-likeness (QED) is 0.308. The largest absolute Gasteiger partial charge is 0.466 e. The SMILES string of the molecule is CCOC(=O)C1CCN(C(=O)COC(=O)c2cc([N+](=O)[O-])ccc2Sc2nc(C)cs2)CC1. The van der Waals surface area contributed by atoms with Crippen LogP contribution in [-0.4, -0.2) is 59.0 Å². The van der Waals surface area contributed by atoms with E-state index in [0.29, 0.717) is 41.8 Å². The zero-order chi connectivity index (χ0) is 24.0. The molecule has 1 saturated heterocycles. The molecule has 3 rings (SSSR count). The highest BCUT2D eigenvalue weighted by Crippen LogP contribution is 2.34. The van der Waals surface area contributed by atoms with Crippen LogP contribution in [0.1, 0.15) is 35.8 Å². The third-order valence-electron chi connectivity index (χ3n) is 4.98. The molecular formula is C21H23N3O7S2. The number of hydrogen-bond donors (Lipinski definition) is 0. The van der Waals surface area contributed by atoms with E-state index in [1.165, 1.54) is 40.1 Å². The number of aromatic nitrogens is 1. The lowest BCUT2D eigenvalue weighted by Gasteiger charge is -2.30. The summed E-state index contributed by atoms with van der Waals surface area (Å²) in [7, 11) is 0. The summed E-state index contributed by atoms with van der Waals surface area (Å²) < 4.78 is 10.9. The molecule has 1 aromatic heterocycles. The fourth-order valence-electron chi connectivity index (χ4n) is 3.27. The standard InChI is InChI=1S/C21H23N3O7S2/c1-3-30-19(26)14-6-8-23(9-7-14)18(25)11-31-20(27)16-10-15(24(28)29)4-5-17(16)33-21-22-13(2)12-32-21/h4-5,10,12,14H,3,6-9,11H2,1-2H3. The molecule has 1 fully saturated rings. The average molecular weight is 494 g/mol. The van der Waals surface area contributed by atoms with Crippen LogP contribution in [0, 0.1) is 23.0 Å². The van der Waals surface area contributed by atoms with Crippen molar-refractivity contribution in [2.24, 2.45) is 5.92 Å². The van der Waals surface area contributed by atoms with Crippen molar-refractivity contribution >= 4 is 46.6 Å². The fourth-order valence-corrected chi connectivity index (χ4v) is 5.17. The van der Waals surface area contributed by atoms with Crippen LogP contribution in [-0.2, 0) is 19.1 Å². The van der Waals surface area contributed by atoms with E-state index in [0.717, 1.165) is 11.8 Å². The summed E-state index contributed by atoms with van der Waals surface area (Å²) >= 11 is 2.59. The number of benzene rings is 1. The van der Waals surface area contributed by atoms with Gasteiger partial charge in [-0.2, -0.15) is 0 Å². The summed E-state index contributed by atoms with van der Waals surface area (Å²) in [5.41, 5.74) is 0.565. The second-order valence-corrected chi connectivity index (χ2v) is 9.42. The third kappa shape index (κ3) is 6.51. The number of piperidine rings is 1. The Balaban J connectivity index is 1.63. The second kappa shape index (κ2) is 11.2. The van der Waals surface area contributed by atoms with Crippen LogP contribution in [0.2, 0.25) is 0 Å². The molecule has 1 aromatic carbocycles. The number of nitrogens with zero attached hydrogens (tertiary/aromatic N) is 3. The fraction of sp³-hybridized carbons (Fsp3) is 0.429. The Labute approximate surface area is 198 Å². The molecule has 1 amide bonds. The summed E-state index contributed by atoms with van der Waals surface area (Å²) in [6.07, 6.45) is 0.967.